The number of benzene rings is 2. The Morgan fingerprint density at radius 3 is 2.46 bits per heavy atom. The highest BCUT2D eigenvalue weighted by Crippen LogP contribution is 2.21. The number of halogens is 2. The summed E-state index contributed by atoms with van der Waals surface area (Å²) in [6.07, 6.45) is 0. The second-order valence-electron chi connectivity index (χ2n) is 5.68. The molecule has 3 rings (SSSR count). The van der Waals surface area contributed by atoms with E-state index in [1.165, 1.54) is 30.3 Å². The minimum atomic E-state index is -4.02. The van der Waals surface area contributed by atoms with Gasteiger partial charge in [0.05, 0.1) is 11.6 Å². The highest BCUT2D eigenvalue weighted by molar-refractivity contribution is 7.93. The van der Waals surface area contributed by atoms with E-state index in [0.29, 0.717) is 0 Å². The van der Waals surface area contributed by atoms with Gasteiger partial charge in [-0.3, -0.25) is 14.9 Å². The van der Waals surface area contributed by atoms with Gasteiger partial charge in [0.15, 0.2) is 5.37 Å². The molecule has 7 nitrogen and oxygen atoms in total. The van der Waals surface area contributed by atoms with Gasteiger partial charge in [-0.25, -0.2) is 22.6 Å². The Bertz CT molecular complexity index is 906. The molecule has 0 aromatic heterocycles. The normalized spacial score (nSPS) is 19.9. The molecule has 0 aliphatic carbocycles. The van der Waals surface area contributed by atoms with Crippen molar-refractivity contribution in [2.24, 2.45) is 5.92 Å². The molecular formula is C16H16F2N4O3S. The molecule has 2 aromatic carbocycles. The number of sulfonamides is 1. The van der Waals surface area contributed by atoms with E-state index in [4.69, 9.17) is 0 Å². The second kappa shape index (κ2) is 7.36. The Morgan fingerprint density at radius 2 is 1.77 bits per heavy atom. The van der Waals surface area contributed by atoms with Crippen molar-refractivity contribution in [2.45, 2.75) is 5.37 Å². The van der Waals surface area contributed by atoms with Crippen LogP contribution in [0.1, 0.15) is 0 Å². The number of nitrogens with one attached hydrogen (secondary N) is 4. The molecule has 2 unspecified atom stereocenters. The predicted octanol–water partition coefficient (Wildman–Crippen LogP) is 1.40. The first-order valence-corrected chi connectivity index (χ1v) is 9.22. The topological polar surface area (TPSA) is 99.3 Å². The lowest BCUT2D eigenvalue weighted by atomic mass is 10.1. The third-order valence-corrected chi connectivity index (χ3v) is 5.47. The summed E-state index contributed by atoms with van der Waals surface area (Å²) in [6, 6.07) is 10.3. The molecule has 1 fully saturated rings. The standard InChI is InChI=1S/C16H16F2N4O3S/c17-10-5-7-11(8-6-10)22-26(24,25)16-12(9-19-21-16)15(23)20-14-4-2-1-3-13(14)18/h1-8,12,16,19,21-22H,9H2,(H,20,23). The molecule has 1 aliphatic rings. The number of hydrogen-bond acceptors (Lipinski definition) is 5. The summed E-state index contributed by atoms with van der Waals surface area (Å²) in [6.45, 7) is 0.0370. The van der Waals surface area contributed by atoms with Crippen LogP contribution in [0.5, 0.6) is 0 Å². The second-order valence-corrected chi connectivity index (χ2v) is 7.48. The van der Waals surface area contributed by atoms with E-state index in [1.54, 1.807) is 6.07 Å². The van der Waals surface area contributed by atoms with Crippen LogP contribution in [0, 0.1) is 17.6 Å². The van der Waals surface area contributed by atoms with Crippen molar-refractivity contribution in [1.82, 2.24) is 10.9 Å². The van der Waals surface area contributed by atoms with Crippen molar-refractivity contribution < 1.29 is 22.0 Å². The zero-order chi connectivity index (χ0) is 18.7. The number of rotatable bonds is 5. The van der Waals surface area contributed by atoms with Gasteiger partial charge in [-0.2, -0.15) is 0 Å². The summed E-state index contributed by atoms with van der Waals surface area (Å²) in [4.78, 5) is 12.4. The molecule has 0 spiro atoms. The summed E-state index contributed by atoms with van der Waals surface area (Å²) in [7, 11) is -4.02. The van der Waals surface area contributed by atoms with Crippen molar-refractivity contribution >= 4 is 27.3 Å². The van der Waals surface area contributed by atoms with Gasteiger partial charge in [0.25, 0.3) is 10.0 Å². The average molecular weight is 382 g/mol. The molecule has 4 N–H and O–H groups in total. The van der Waals surface area contributed by atoms with E-state index in [9.17, 15) is 22.0 Å². The van der Waals surface area contributed by atoms with E-state index >= 15 is 0 Å². The van der Waals surface area contributed by atoms with E-state index < -0.39 is 38.9 Å². The van der Waals surface area contributed by atoms with Crippen molar-refractivity contribution in [3.63, 3.8) is 0 Å². The third kappa shape index (κ3) is 3.98. The largest absolute Gasteiger partial charge is 0.323 e. The van der Waals surface area contributed by atoms with Crippen LogP contribution in [0.4, 0.5) is 20.2 Å². The van der Waals surface area contributed by atoms with Crippen molar-refractivity contribution in [3.8, 4) is 0 Å². The van der Waals surface area contributed by atoms with E-state index in [2.05, 4.69) is 20.9 Å². The average Bonchev–Trinajstić information content (AvgIpc) is 3.10. The Balaban J connectivity index is 1.75. The van der Waals surface area contributed by atoms with E-state index in [0.717, 1.165) is 12.1 Å². The lowest BCUT2D eigenvalue weighted by Gasteiger charge is -2.19. The Hall–Kier alpha value is -2.56. The molecule has 2 atom stereocenters. The zero-order valence-electron chi connectivity index (χ0n) is 13.4. The molecule has 1 aliphatic heterocycles. The highest BCUT2D eigenvalue weighted by atomic mass is 32.2. The third-order valence-electron chi connectivity index (χ3n) is 3.84. The number of carbonyl (C=O) groups excluding carboxylic acids is 1. The molecule has 1 amide bonds. The van der Waals surface area contributed by atoms with E-state index in [1.807, 2.05) is 0 Å². The monoisotopic (exact) mass is 382 g/mol. The number of hydrogen-bond donors (Lipinski definition) is 4. The fourth-order valence-electron chi connectivity index (χ4n) is 2.53. The number of hydrazine groups is 1. The Labute approximate surface area is 148 Å². The summed E-state index contributed by atoms with van der Waals surface area (Å²) in [5, 5.41) is 1.10. The Morgan fingerprint density at radius 1 is 1.08 bits per heavy atom. The van der Waals surface area contributed by atoms with Crippen LogP contribution in [0.25, 0.3) is 0 Å². The van der Waals surface area contributed by atoms with Crippen molar-refractivity contribution in [2.75, 3.05) is 16.6 Å². The first kappa shape index (κ1) is 18.2. The van der Waals surface area contributed by atoms with Gasteiger partial charge < -0.3 is 5.32 Å². The highest BCUT2D eigenvalue weighted by Gasteiger charge is 2.42. The van der Waals surface area contributed by atoms with Crippen molar-refractivity contribution in [3.05, 3.63) is 60.2 Å². The van der Waals surface area contributed by atoms with Crippen LogP contribution in [-0.2, 0) is 14.8 Å². The molecule has 1 saturated heterocycles. The SMILES string of the molecule is O=C(Nc1ccccc1F)C1CNNC1S(=O)(=O)Nc1ccc(F)cc1. The first-order valence-electron chi connectivity index (χ1n) is 7.68. The van der Waals surface area contributed by atoms with Gasteiger partial charge >= 0.3 is 0 Å². The number of carbonyl (C=O) groups is 1. The molecular weight excluding hydrogens is 366 g/mol. The van der Waals surface area contributed by atoms with Gasteiger partial charge in [0.1, 0.15) is 11.6 Å². The maximum absolute atomic E-state index is 13.7. The van der Waals surface area contributed by atoms with Crippen LogP contribution in [-0.4, -0.2) is 26.2 Å². The molecule has 138 valence electrons. The lowest BCUT2D eigenvalue weighted by Crippen LogP contribution is -2.45. The van der Waals surface area contributed by atoms with Gasteiger partial charge in [-0.1, -0.05) is 12.1 Å². The quantitative estimate of drug-likeness (QED) is 0.627. The van der Waals surface area contributed by atoms with Gasteiger partial charge in [-0.05, 0) is 36.4 Å². The molecule has 10 heteroatoms. The Kier molecular flexibility index (Phi) is 5.16. The fourth-order valence-corrected chi connectivity index (χ4v) is 4.02. The molecule has 2 aromatic rings. The molecule has 0 saturated carbocycles. The molecule has 26 heavy (non-hydrogen) atoms. The fraction of sp³-hybridized carbons (Fsp3) is 0.188. The molecule has 1 heterocycles. The van der Waals surface area contributed by atoms with Crippen LogP contribution < -0.4 is 20.9 Å². The summed E-state index contributed by atoms with van der Waals surface area (Å²) >= 11 is 0. The van der Waals surface area contributed by atoms with Crippen molar-refractivity contribution in [1.29, 1.82) is 0 Å². The molecule has 0 bridgehead atoms. The summed E-state index contributed by atoms with van der Waals surface area (Å²) in [5.41, 5.74) is 5.28. The minimum Gasteiger partial charge on any atom is -0.323 e. The van der Waals surface area contributed by atoms with Crippen LogP contribution >= 0.6 is 0 Å². The summed E-state index contributed by atoms with van der Waals surface area (Å²) in [5.74, 6) is -2.78. The maximum Gasteiger partial charge on any atom is 0.250 e. The number of amides is 1. The van der Waals surface area contributed by atoms with Gasteiger partial charge in [-0.15, -0.1) is 0 Å². The summed E-state index contributed by atoms with van der Waals surface area (Å²) < 4.78 is 54.0. The number of para-hydroxylation sites is 1. The first-order chi connectivity index (χ1) is 12.4. The van der Waals surface area contributed by atoms with Crippen LogP contribution in [0.2, 0.25) is 0 Å². The smallest absolute Gasteiger partial charge is 0.250 e. The van der Waals surface area contributed by atoms with Gasteiger partial charge in [0, 0.05) is 12.2 Å². The lowest BCUT2D eigenvalue weighted by molar-refractivity contribution is -0.119. The predicted molar refractivity (Wildman–Crippen MR) is 92.4 cm³/mol. The van der Waals surface area contributed by atoms with Gasteiger partial charge in [0.2, 0.25) is 5.91 Å². The maximum atomic E-state index is 13.7. The number of anilines is 2. The zero-order valence-corrected chi connectivity index (χ0v) is 14.2. The van der Waals surface area contributed by atoms with E-state index in [-0.39, 0.29) is 17.9 Å². The van der Waals surface area contributed by atoms with Crippen LogP contribution in [0.15, 0.2) is 48.5 Å². The molecule has 0 radical (unpaired) electrons. The van der Waals surface area contributed by atoms with Crippen LogP contribution in [0.3, 0.4) is 0 Å². The minimum absolute atomic E-state index is 0.0351.